The highest BCUT2D eigenvalue weighted by molar-refractivity contribution is 7.80. The number of benzene rings is 2. The Morgan fingerprint density at radius 1 is 1.00 bits per heavy atom. The van der Waals surface area contributed by atoms with Crippen molar-refractivity contribution < 1.29 is 0 Å². The molecule has 0 unspecified atom stereocenters. The maximum atomic E-state index is 5.97. The molecular formula is C15H13Cl2NS. The molecule has 0 aromatic heterocycles. The summed E-state index contributed by atoms with van der Waals surface area (Å²) in [4.78, 5) is 0.689. The summed E-state index contributed by atoms with van der Waals surface area (Å²) in [5, 5.41) is 4.28. The number of nitrogens with one attached hydrogen (secondary N) is 1. The van der Waals surface area contributed by atoms with E-state index in [0.717, 1.165) is 18.5 Å². The van der Waals surface area contributed by atoms with Gasteiger partial charge in [-0.25, -0.2) is 0 Å². The zero-order chi connectivity index (χ0) is 13.7. The molecule has 4 heteroatoms. The summed E-state index contributed by atoms with van der Waals surface area (Å²) in [6.45, 7) is 0.795. The Hall–Kier alpha value is -1.09. The Balaban J connectivity index is 1.89. The smallest absolute Gasteiger partial charge is 0.106 e. The van der Waals surface area contributed by atoms with Crippen molar-refractivity contribution in [2.75, 3.05) is 6.54 Å². The van der Waals surface area contributed by atoms with Crippen LogP contribution in [0, 0.1) is 0 Å². The molecule has 0 aliphatic carbocycles. The van der Waals surface area contributed by atoms with E-state index in [1.165, 1.54) is 5.56 Å². The molecule has 2 aromatic carbocycles. The molecule has 0 spiro atoms. The summed E-state index contributed by atoms with van der Waals surface area (Å²) in [7, 11) is 0. The lowest BCUT2D eigenvalue weighted by Gasteiger charge is -2.09. The minimum atomic E-state index is 0.520. The maximum absolute atomic E-state index is 5.97. The van der Waals surface area contributed by atoms with Gasteiger partial charge in [0, 0.05) is 12.1 Å². The molecule has 0 aliphatic rings. The summed E-state index contributed by atoms with van der Waals surface area (Å²) in [6.07, 6.45) is 0.933. The van der Waals surface area contributed by atoms with Crippen LogP contribution >= 0.6 is 35.4 Å². The Morgan fingerprint density at radius 2 is 1.74 bits per heavy atom. The van der Waals surface area contributed by atoms with Crippen LogP contribution in [0.2, 0.25) is 10.0 Å². The van der Waals surface area contributed by atoms with E-state index in [1.54, 1.807) is 12.1 Å². The van der Waals surface area contributed by atoms with Crippen molar-refractivity contribution in [2.45, 2.75) is 6.42 Å². The Labute approximate surface area is 128 Å². The molecule has 1 N–H and O–H groups in total. The highest BCUT2D eigenvalue weighted by Gasteiger charge is 2.04. The third kappa shape index (κ3) is 4.20. The number of halogens is 2. The predicted molar refractivity (Wildman–Crippen MR) is 86.3 cm³/mol. The lowest BCUT2D eigenvalue weighted by molar-refractivity contribution is 0.875. The van der Waals surface area contributed by atoms with E-state index in [9.17, 15) is 0 Å². The van der Waals surface area contributed by atoms with Crippen molar-refractivity contribution in [1.82, 2.24) is 5.32 Å². The van der Waals surface area contributed by atoms with Gasteiger partial charge in [-0.15, -0.1) is 0 Å². The molecule has 19 heavy (non-hydrogen) atoms. The first kappa shape index (κ1) is 14.3. The molecule has 0 amide bonds. The molecule has 0 bridgehead atoms. The zero-order valence-electron chi connectivity index (χ0n) is 10.2. The minimum absolute atomic E-state index is 0.520. The molecule has 1 nitrogen and oxygen atoms in total. The molecule has 0 radical (unpaired) electrons. The number of hydrogen-bond acceptors (Lipinski definition) is 1. The lowest BCUT2D eigenvalue weighted by Crippen LogP contribution is -2.24. The van der Waals surface area contributed by atoms with Gasteiger partial charge in [0.15, 0.2) is 0 Å². The Kier molecular flexibility index (Phi) is 5.20. The molecule has 0 aliphatic heterocycles. The van der Waals surface area contributed by atoms with Gasteiger partial charge in [-0.05, 0) is 24.1 Å². The third-order valence-corrected chi connectivity index (χ3v) is 3.84. The second kappa shape index (κ2) is 6.90. The summed E-state index contributed by atoms with van der Waals surface area (Å²) in [5.41, 5.74) is 2.17. The molecule has 0 atom stereocenters. The summed E-state index contributed by atoms with van der Waals surface area (Å²) < 4.78 is 0. The fourth-order valence-electron chi connectivity index (χ4n) is 1.70. The normalized spacial score (nSPS) is 10.2. The predicted octanol–water partition coefficient (Wildman–Crippen LogP) is 4.50. The van der Waals surface area contributed by atoms with Crippen molar-refractivity contribution in [3.05, 3.63) is 69.7 Å². The first-order valence-corrected chi connectivity index (χ1v) is 7.10. The SMILES string of the molecule is S=C(NCCc1ccccc1)c1ccc(Cl)c(Cl)c1. The van der Waals surface area contributed by atoms with Gasteiger partial charge in [0.25, 0.3) is 0 Å². The van der Waals surface area contributed by atoms with Crippen molar-refractivity contribution in [1.29, 1.82) is 0 Å². The van der Waals surface area contributed by atoms with Crippen molar-refractivity contribution in [2.24, 2.45) is 0 Å². The van der Waals surface area contributed by atoms with Crippen LogP contribution in [0.3, 0.4) is 0 Å². The van der Waals surface area contributed by atoms with Gasteiger partial charge in [-0.3, -0.25) is 0 Å². The molecule has 0 saturated heterocycles. The van der Waals surface area contributed by atoms with Crippen LogP contribution in [-0.4, -0.2) is 11.5 Å². The first-order valence-electron chi connectivity index (χ1n) is 5.94. The van der Waals surface area contributed by atoms with Crippen LogP contribution in [0.4, 0.5) is 0 Å². The van der Waals surface area contributed by atoms with Crippen LogP contribution in [0.15, 0.2) is 48.5 Å². The van der Waals surface area contributed by atoms with E-state index >= 15 is 0 Å². The van der Waals surface area contributed by atoms with Gasteiger partial charge in [-0.1, -0.05) is 71.8 Å². The Morgan fingerprint density at radius 3 is 2.42 bits per heavy atom. The summed E-state index contributed by atoms with van der Waals surface area (Å²) in [6, 6.07) is 15.7. The number of hydrogen-bond donors (Lipinski definition) is 1. The monoisotopic (exact) mass is 309 g/mol. The van der Waals surface area contributed by atoms with E-state index in [2.05, 4.69) is 17.4 Å². The second-order valence-electron chi connectivity index (χ2n) is 4.12. The average Bonchev–Trinajstić information content (AvgIpc) is 2.43. The molecule has 2 aromatic rings. The zero-order valence-corrected chi connectivity index (χ0v) is 12.5. The first-order chi connectivity index (χ1) is 9.16. The van der Waals surface area contributed by atoms with Gasteiger partial charge in [-0.2, -0.15) is 0 Å². The van der Waals surface area contributed by atoms with Crippen LogP contribution in [-0.2, 0) is 6.42 Å². The van der Waals surface area contributed by atoms with Gasteiger partial charge in [0.05, 0.1) is 10.0 Å². The highest BCUT2D eigenvalue weighted by Crippen LogP contribution is 2.22. The molecule has 0 heterocycles. The molecular weight excluding hydrogens is 297 g/mol. The Bertz CT molecular complexity index is 570. The van der Waals surface area contributed by atoms with Gasteiger partial charge in [0.2, 0.25) is 0 Å². The van der Waals surface area contributed by atoms with Crippen LogP contribution in [0.5, 0.6) is 0 Å². The minimum Gasteiger partial charge on any atom is -0.375 e. The fraction of sp³-hybridized carbons (Fsp3) is 0.133. The van der Waals surface area contributed by atoms with Gasteiger partial charge >= 0.3 is 0 Å². The number of rotatable bonds is 4. The van der Waals surface area contributed by atoms with Crippen LogP contribution in [0.1, 0.15) is 11.1 Å². The van der Waals surface area contributed by atoms with Crippen LogP contribution < -0.4 is 5.32 Å². The van der Waals surface area contributed by atoms with E-state index in [-0.39, 0.29) is 0 Å². The van der Waals surface area contributed by atoms with Crippen molar-refractivity contribution >= 4 is 40.4 Å². The van der Waals surface area contributed by atoms with Crippen molar-refractivity contribution in [3.8, 4) is 0 Å². The van der Waals surface area contributed by atoms with E-state index in [1.807, 2.05) is 24.3 Å². The molecule has 0 fully saturated rings. The molecule has 2 rings (SSSR count). The fourth-order valence-corrected chi connectivity index (χ4v) is 2.23. The third-order valence-electron chi connectivity index (χ3n) is 2.72. The average molecular weight is 310 g/mol. The second-order valence-corrected chi connectivity index (χ2v) is 5.34. The quantitative estimate of drug-likeness (QED) is 0.834. The molecule has 0 saturated carbocycles. The lowest BCUT2D eigenvalue weighted by atomic mass is 10.1. The number of thiocarbonyl (C=S) groups is 1. The van der Waals surface area contributed by atoms with Gasteiger partial charge < -0.3 is 5.32 Å². The van der Waals surface area contributed by atoms with Crippen molar-refractivity contribution in [3.63, 3.8) is 0 Å². The standard InChI is InChI=1S/C15H13Cl2NS/c16-13-7-6-12(10-14(13)17)15(19)18-9-8-11-4-2-1-3-5-11/h1-7,10H,8-9H2,(H,18,19). The van der Waals surface area contributed by atoms with E-state index in [4.69, 9.17) is 35.4 Å². The van der Waals surface area contributed by atoms with E-state index < -0.39 is 0 Å². The molecule has 98 valence electrons. The largest absolute Gasteiger partial charge is 0.375 e. The maximum Gasteiger partial charge on any atom is 0.106 e. The van der Waals surface area contributed by atoms with Crippen LogP contribution in [0.25, 0.3) is 0 Å². The highest BCUT2D eigenvalue weighted by atomic mass is 35.5. The summed E-state index contributed by atoms with van der Waals surface area (Å²) in [5.74, 6) is 0. The van der Waals surface area contributed by atoms with Gasteiger partial charge in [0.1, 0.15) is 4.99 Å². The van der Waals surface area contributed by atoms with E-state index in [0.29, 0.717) is 15.0 Å². The topological polar surface area (TPSA) is 12.0 Å². The summed E-state index contributed by atoms with van der Waals surface area (Å²) >= 11 is 17.2.